The zero-order chi connectivity index (χ0) is 27.4. The molecule has 0 saturated heterocycles. The number of aryl methyl sites for hydroxylation is 2. The molecule has 0 fully saturated rings. The summed E-state index contributed by atoms with van der Waals surface area (Å²) in [5.41, 5.74) is -2.31. The van der Waals surface area contributed by atoms with E-state index < -0.39 is 46.6 Å². The number of thioether (sulfide) groups is 1. The first-order valence-electron chi connectivity index (χ1n) is 11.1. The Labute approximate surface area is 215 Å². The fraction of sp³-hybridized carbons (Fsp3) is 0.423. The summed E-state index contributed by atoms with van der Waals surface area (Å²) in [7, 11) is 0. The Morgan fingerprint density at radius 2 is 1.64 bits per heavy atom. The summed E-state index contributed by atoms with van der Waals surface area (Å²) in [5, 5.41) is 0.266. The van der Waals surface area contributed by atoms with Crippen LogP contribution in [0.2, 0.25) is 5.02 Å². The molecule has 36 heavy (non-hydrogen) atoms. The van der Waals surface area contributed by atoms with Crippen molar-refractivity contribution in [3.63, 3.8) is 0 Å². The van der Waals surface area contributed by atoms with E-state index in [0.717, 1.165) is 30.0 Å². The number of halogens is 8. The molecule has 0 bridgehead atoms. The lowest BCUT2D eigenvalue weighted by molar-refractivity contribution is -0.140. The second kappa shape index (κ2) is 12.0. The number of hydrogen-bond acceptors (Lipinski definition) is 2. The molecular formula is C26H26ClF7OS. The van der Waals surface area contributed by atoms with E-state index in [9.17, 15) is 31.1 Å². The summed E-state index contributed by atoms with van der Waals surface area (Å²) in [6.07, 6.45) is -9.82. The van der Waals surface area contributed by atoms with E-state index >= 15 is 4.39 Å². The highest BCUT2D eigenvalue weighted by molar-refractivity contribution is 7.99. The minimum atomic E-state index is -5.00. The van der Waals surface area contributed by atoms with Crippen molar-refractivity contribution in [2.75, 3.05) is 11.5 Å². The van der Waals surface area contributed by atoms with E-state index in [1.165, 1.54) is 13.8 Å². The van der Waals surface area contributed by atoms with Gasteiger partial charge in [0.15, 0.2) is 5.78 Å². The van der Waals surface area contributed by atoms with Gasteiger partial charge in [0.2, 0.25) is 0 Å². The van der Waals surface area contributed by atoms with Gasteiger partial charge < -0.3 is 0 Å². The van der Waals surface area contributed by atoms with Crippen LogP contribution in [0.15, 0.2) is 36.4 Å². The minimum absolute atomic E-state index is 0.140. The zero-order valence-electron chi connectivity index (χ0n) is 20.1. The third-order valence-electron chi connectivity index (χ3n) is 5.53. The van der Waals surface area contributed by atoms with E-state index in [1.807, 2.05) is 6.92 Å². The standard InChI is InChI=1S/C26H26ClF7OS/c1-5-36-13-14(2)8-23(35)19-7-6-17(11-21(19)26(32,33)34)22(28)12-20(25(29,30)31)18-9-15(3)24(27)16(4)10-18/h6-7,9-12,14,20H,5,8,13H2,1-4H3/b22-12-/t14-,20?/m0/s1. The Bertz CT molecular complexity index is 1100. The molecule has 0 spiro atoms. The zero-order valence-corrected chi connectivity index (χ0v) is 21.7. The van der Waals surface area contributed by atoms with Gasteiger partial charge >= 0.3 is 12.4 Å². The van der Waals surface area contributed by atoms with Gasteiger partial charge in [0.05, 0.1) is 5.56 Å². The van der Waals surface area contributed by atoms with Gasteiger partial charge in [0.25, 0.3) is 0 Å². The molecule has 0 aliphatic heterocycles. The van der Waals surface area contributed by atoms with Gasteiger partial charge in [-0.15, -0.1) is 0 Å². The van der Waals surface area contributed by atoms with Crippen molar-refractivity contribution < 1.29 is 35.5 Å². The molecule has 2 rings (SSSR count). The van der Waals surface area contributed by atoms with Gasteiger partial charge in [-0.25, -0.2) is 4.39 Å². The van der Waals surface area contributed by atoms with Gasteiger partial charge in [0.1, 0.15) is 11.7 Å². The predicted octanol–water partition coefficient (Wildman–Crippen LogP) is 9.59. The highest BCUT2D eigenvalue weighted by Crippen LogP contribution is 2.41. The number of alkyl halides is 6. The van der Waals surface area contributed by atoms with Crippen LogP contribution in [0.5, 0.6) is 0 Å². The Hall–Kier alpha value is -2.00. The fourth-order valence-corrected chi connectivity index (χ4v) is 4.62. The number of ketones is 1. The van der Waals surface area contributed by atoms with Crippen LogP contribution in [0.4, 0.5) is 30.7 Å². The van der Waals surface area contributed by atoms with Crippen molar-refractivity contribution >= 4 is 35.0 Å². The fourth-order valence-electron chi connectivity index (χ4n) is 3.76. The number of carbonyl (C=O) groups excluding carboxylic acids is 1. The normalized spacial score (nSPS) is 14.6. The first-order valence-corrected chi connectivity index (χ1v) is 12.6. The maximum absolute atomic E-state index is 15.0. The van der Waals surface area contributed by atoms with Gasteiger partial charge in [-0.2, -0.15) is 38.1 Å². The van der Waals surface area contributed by atoms with Gasteiger partial charge in [-0.1, -0.05) is 49.7 Å². The predicted molar refractivity (Wildman–Crippen MR) is 131 cm³/mol. The molecule has 0 saturated carbocycles. The third-order valence-corrected chi connectivity index (χ3v) is 7.33. The van der Waals surface area contributed by atoms with Crippen LogP contribution >= 0.6 is 23.4 Å². The summed E-state index contributed by atoms with van der Waals surface area (Å²) < 4.78 is 97.7. The van der Waals surface area contributed by atoms with Crippen LogP contribution in [-0.4, -0.2) is 23.5 Å². The second-order valence-corrected chi connectivity index (χ2v) is 10.3. The molecule has 0 aromatic heterocycles. The summed E-state index contributed by atoms with van der Waals surface area (Å²) in [6, 6.07) is 4.44. The molecular weight excluding hydrogens is 529 g/mol. The van der Waals surface area contributed by atoms with Crippen molar-refractivity contribution in [1.82, 2.24) is 0 Å². The van der Waals surface area contributed by atoms with Crippen LogP contribution < -0.4 is 0 Å². The summed E-state index contributed by atoms with van der Waals surface area (Å²) in [5.74, 6) is -3.47. The van der Waals surface area contributed by atoms with Crippen molar-refractivity contribution in [2.24, 2.45) is 5.92 Å². The Morgan fingerprint density at radius 3 is 2.14 bits per heavy atom. The molecule has 0 aliphatic rings. The van der Waals surface area contributed by atoms with Crippen molar-refractivity contribution in [3.05, 3.63) is 74.8 Å². The van der Waals surface area contributed by atoms with Crippen molar-refractivity contribution in [3.8, 4) is 0 Å². The maximum atomic E-state index is 15.0. The number of allylic oxidation sites excluding steroid dienone is 1. The number of benzene rings is 2. The lowest BCUT2D eigenvalue weighted by Gasteiger charge is -2.20. The maximum Gasteiger partial charge on any atom is 0.417 e. The lowest BCUT2D eigenvalue weighted by atomic mass is 9.92. The van der Waals surface area contributed by atoms with Crippen LogP contribution in [0, 0.1) is 19.8 Å². The molecule has 2 aromatic rings. The summed E-state index contributed by atoms with van der Waals surface area (Å²) in [6.45, 7) is 6.65. The molecule has 198 valence electrons. The van der Waals surface area contributed by atoms with E-state index in [0.29, 0.717) is 22.9 Å². The van der Waals surface area contributed by atoms with E-state index in [1.54, 1.807) is 18.7 Å². The SMILES string of the molecule is CCSC[C@@H](C)CC(=O)c1ccc(/C(F)=C/C(c2cc(C)c(Cl)c(C)c2)C(F)(F)F)cc1C(F)(F)F. The van der Waals surface area contributed by atoms with Crippen LogP contribution in [0.1, 0.15) is 64.4 Å². The van der Waals surface area contributed by atoms with Crippen LogP contribution in [0.3, 0.4) is 0 Å². The third kappa shape index (κ3) is 7.75. The largest absolute Gasteiger partial charge is 0.417 e. The molecule has 0 aliphatic carbocycles. The molecule has 0 heterocycles. The summed E-state index contributed by atoms with van der Waals surface area (Å²) >= 11 is 7.57. The molecule has 10 heteroatoms. The molecule has 1 unspecified atom stereocenters. The highest BCUT2D eigenvalue weighted by Gasteiger charge is 2.41. The first kappa shape index (κ1) is 30.2. The van der Waals surface area contributed by atoms with E-state index in [-0.39, 0.29) is 29.0 Å². The molecule has 1 nitrogen and oxygen atoms in total. The summed E-state index contributed by atoms with van der Waals surface area (Å²) in [4.78, 5) is 12.6. The molecule has 0 radical (unpaired) electrons. The number of Topliss-reactive ketones (excluding diaryl/α,β-unsaturated/α-hetero) is 1. The van der Waals surface area contributed by atoms with Gasteiger partial charge in [0, 0.05) is 22.6 Å². The first-order chi connectivity index (χ1) is 16.6. The van der Waals surface area contributed by atoms with Gasteiger partial charge in [-0.3, -0.25) is 4.79 Å². The van der Waals surface area contributed by atoms with E-state index in [4.69, 9.17) is 11.6 Å². The average Bonchev–Trinajstić information content (AvgIpc) is 2.77. The smallest absolute Gasteiger partial charge is 0.294 e. The molecule has 0 amide bonds. The Balaban J connectivity index is 2.51. The lowest BCUT2D eigenvalue weighted by Crippen LogP contribution is -2.19. The van der Waals surface area contributed by atoms with Crippen molar-refractivity contribution in [2.45, 2.75) is 52.4 Å². The van der Waals surface area contributed by atoms with Gasteiger partial charge in [-0.05, 0) is 60.1 Å². The molecule has 2 aromatic carbocycles. The Kier molecular flexibility index (Phi) is 10.1. The van der Waals surface area contributed by atoms with Crippen LogP contribution in [0.25, 0.3) is 5.83 Å². The number of hydrogen-bond donors (Lipinski definition) is 0. The monoisotopic (exact) mass is 554 g/mol. The second-order valence-electron chi connectivity index (χ2n) is 8.65. The van der Waals surface area contributed by atoms with E-state index in [2.05, 4.69) is 0 Å². The highest BCUT2D eigenvalue weighted by atomic mass is 35.5. The molecule has 0 N–H and O–H groups in total. The number of carbonyl (C=O) groups is 1. The average molecular weight is 555 g/mol. The van der Waals surface area contributed by atoms with Crippen molar-refractivity contribution in [1.29, 1.82) is 0 Å². The van der Waals surface area contributed by atoms with Crippen LogP contribution in [-0.2, 0) is 6.18 Å². The topological polar surface area (TPSA) is 17.1 Å². The Morgan fingerprint density at radius 1 is 1.06 bits per heavy atom. The minimum Gasteiger partial charge on any atom is -0.294 e. The number of rotatable bonds is 9. The quantitative estimate of drug-likeness (QED) is 0.227. The molecule has 2 atom stereocenters.